The zero-order valence-electron chi connectivity index (χ0n) is 15.5. The van der Waals surface area contributed by atoms with Crippen LogP contribution in [-0.2, 0) is 6.42 Å². The molecule has 0 saturated heterocycles. The molecule has 0 spiro atoms. The predicted molar refractivity (Wildman–Crippen MR) is 109 cm³/mol. The van der Waals surface area contributed by atoms with Gasteiger partial charge < -0.3 is 10.1 Å². The molecule has 2 aromatic carbocycles. The molecule has 0 aliphatic rings. The lowest BCUT2D eigenvalue weighted by molar-refractivity contribution is 0.415. The molecular weight excluding hydrogens is 336 g/mol. The topological polar surface area (TPSA) is 51.5 Å². The van der Waals surface area contributed by atoms with Crippen LogP contribution in [0.2, 0.25) is 0 Å². The van der Waals surface area contributed by atoms with Gasteiger partial charge in [0.15, 0.2) is 5.65 Å². The quantitative estimate of drug-likeness (QED) is 0.521. The van der Waals surface area contributed by atoms with Gasteiger partial charge in [0.25, 0.3) is 0 Å². The number of hydrogen-bond donors (Lipinski definition) is 1. The summed E-state index contributed by atoms with van der Waals surface area (Å²) in [6.45, 7) is 2.16. The van der Waals surface area contributed by atoms with E-state index in [4.69, 9.17) is 9.72 Å². The molecule has 5 nitrogen and oxygen atoms in total. The molecule has 0 saturated carbocycles. The lowest BCUT2D eigenvalue weighted by Gasteiger charge is -2.12. The van der Waals surface area contributed by atoms with Crippen LogP contribution in [0.3, 0.4) is 0 Å². The molecule has 0 aliphatic heterocycles. The summed E-state index contributed by atoms with van der Waals surface area (Å²) in [6.07, 6.45) is 3.84. The van der Waals surface area contributed by atoms with E-state index < -0.39 is 0 Å². The highest BCUT2D eigenvalue weighted by molar-refractivity contribution is 5.78. The summed E-state index contributed by atoms with van der Waals surface area (Å²) in [5.41, 5.74) is 5.00. The fraction of sp³-hybridized carbons (Fsp3) is 0.182. The van der Waals surface area contributed by atoms with Crippen molar-refractivity contribution in [1.82, 2.24) is 14.6 Å². The van der Waals surface area contributed by atoms with Gasteiger partial charge in [-0.1, -0.05) is 49.7 Å². The largest absolute Gasteiger partial charge is 0.497 e. The number of anilines is 2. The molecule has 0 aliphatic carbocycles. The highest BCUT2D eigenvalue weighted by Crippen LogP contribution is 2.28. The molecule has 0 bridgehead atoms. The fourth-order valence-electron chi connectivity index (χ4n) is 3.16. The van der Waals surface area contributed by atoms with Crippen LogP contribution in [0.4, 0.5) is 11.5 Å². The molecule has 2 heterocycles. The Morgan fingerprint density at radius 2 is 1.89 bits per heavy atom. The maximum Gasteiger partial charge on any atom is 0.165 e. The number of nitrogens with one attached hydrogen (secondary N) is 1. The van der Waals surface area contributed by atoms with Crippen molar-refractivity contribution < 1.29 is 4.74 Å². The summed E-state index contributed by atoms with van der Waals surface area (Å²) in [4.78, 5) is 4.87. The Morgan fingerprint density at radius 1 is 1.04 bits per heavy atom. The van der Waals surface area contributed by atoms with Crippen molar-refractivity contribution in [3.63, 3.8) is 0 Å². The average molecular weight is 358 g/mol. The second-order valence-electron chi connectivity index (χ2n) is 6.40. The van der Waals surface area contributed by atoms with Gasteiger partial charge in [0.05, 0.1) is 13.3 Å². The highest BCUT2D eigenvalue weighted by atomic mass is 16.5. The summed E-state index contributed by atoms with van der Waals surface area (Å²) >= 11 is 0. The van der Waals surface area contributed by atoms with Crippen LogP contribution in [-0.4, -0.2) is 21.7 Å². The number of nitrogens with zero attached hydrogens (tertiary/aromatic N) is 3. The second-order valence-corrected chi connectivity index (χ2v) is 6.40. The average Bonchev–Trinajstić information content (AvgIpc) is 3.13. The third kappa shape index (κ3) is 3.49. The molecule has 136 valence electrons. The SMILES string of the molecule is CCCc1cc(Nc2cccc(OC)c2)n2ncc(-c3ccccc3)c2n1. The minimum Gasteiger partial charge on any atom is -0.497 e. The molecule has 5 heteroatoms. The van der Waals surface area contributed by atoms with E-state index in [0.29, 0.717) is 0 Å². The van der Waals surface area contributed by atoms with Crippen molar-refractivity contribution >= 4 is 17.2 Å². The molecule has 4 aromatic rings. The van der Waals surface area contributed by atoms with Crippen molar-refractivity contribution in [1.29, 1.82) is 0 Å². The van der Waals surface area contributed by atoms with Crippen molar-refractivity contribution in [2.45, 2.75) is 19.8 Å². The Morgan fingerprint density at radius 3 is 2.67 bits per heavy atom. The van der Waals surface area contributed by atoms with Gasteiger partial charge in [-0.3, -0.25) is 0 Å². The molecular formula is C22H22N4O. The summed E-state index contributed by atoms with van der Waals surface area (Å²) in [7, 11) is 1.67. The number of hydrogen-bond acceptors (Lipinski definition) is 4. The van der Waals surface area contributed by atoms with E-state index in [-0.39, 0.29) is 0 Å². The van der Waals surface area contributed by atoms with Gasteiger partial charge in [0, 0.05) is 29.1 Å². The minimum absolute atomic E-state index is 0.810. The lowest BCUT2D eigenvalue weighted by Crippen LogP contribution is -2.04. The van der Waals surface area contributed by atoms with Crippen LogP contribution in [0.1, 0.15) is 19.0 Å². The van der Waals surface area contributed by atoms with Gasteiger partial charge in [0.1, 0.15) is 11.6 Å². The number of aryl methyl sites for hydroxylation is 1. The summed E-state index contributed by atoms with van der Waals surface area (Å²) < 4.78 is 7.19. The van der Waals surface area contributed by atoms with Gasteiger partial charge in [-0.15, -0.1) is 0 Å². The van der Waals surface area contributed by atoms with Gasteiger partial charge in [-0.2, -0.15) is 9.61 Å². The Kier molecular flexibility index (Phi) is 4.75. The molecule has 0 radical (unpaired) electrons. The van der Waals surface area contributed by atoms with Crippen LogP contribution >= 0.6 is 0 Å². The maximum absolute atomic E-state index is 5.33. The van der Waals surface area contributed by atoms with Gasteiger partial charge in [-0.05, 0) is 24.1 Å². The van der Waals surface area contributed by atoms with E-state index in [9.17, 15) is 0 Å². The van der Waals surface area contributed by atoms with Crippen LogP contribution in [0.5, 0.6) is 5.75 Å². The van der Waals surface area contributed by atoms with E-state index in [2.05, 4.69) is 35.5 Å². The third-order valence-corrected chi connectivity index (χ3v) is 4.46. The number of benzene rings is 2. The van der Waals surface area contributed by atoms with E-state index in [1.165, 1.54) is 0 Å². The first-order chi connectivity index (χ1) is 13.3. The number of rotatable bonds is 6. The first-order valence-corrected chi connectivity index (χ1v) is 9.12. The molecule has 27 heavy (non-hydrogen) atoms. The minimum atomic E-state index is 0.810. The van der Waals surface area contributed by atoms with Gasteiger partial charge in [0.2, 0.25) is 0 Å². The number of methoxy groups -OCH3 is 1. The van der Waals surface area contributed by atoms with Crippen LogP contribution in [0, 0.1) is 0 Å². The van der Waals surface area contributed by atoms with Crippen molar-refractivity contribution in [2.24, 2.45) is 0 Å². The molecule has 0 amide bonds. The first kappa shape index (κ1) is 17.1. The Labute approximate surface area is 158 Å². The molecule has 2 aromatic heterocycles. The third-order valence-electron chi connectivity index (χ3n) is 4.46. The van der Waals surface area contributed by atoms with Crippen molar-refractivity contribution in [2.75, 3.05) is 12.4 Å². The van der Waals surface area contributed by atoms with Crippen LogP contribution < -0.4 is 10.1 Å². The van der Waals surface area contributed by atoms with Gasteiger partial charge >= 0.3 is 0 Å². The standard InChI is InChI=1S/C22H22N4O/c1-3-8-17-14-21(24-18-11-7-12-19(13-18)27-2)26-22(25-17)20(15-23-26)16-9-5-4-6-10-16/h4-7,9-15,24H,3,8H2,1-2H3. The number of aromatic nitrogens is 3. The fourth-order valence-corrected chi connectivity index (χ4v) is 3.16. The molecule has 0 fully saturated rings. The Balaban J connectivity index is 1.83. The maximum atomic E-state index is 5.33. The highest BCUT2D eigenvalue weighted by Gasteiger charge is 2.13. The van der Waals surface area contributed by atoms with E-state index >= 15 is 0 Å². The molecule has 0 atom stereocenters. The van der Waals surface area contributed by atoms with E-state index in [1.54, 1.807) is 7.11 Å². The first-order valence-electron chi connectivity index (χ1n) is 9.12. The zero-order chi connectivity index (χ0) is 18.6. The summed E-state index contributed by atoms with van der Waals surface area (Å²) in [5.74, 6) is 1.70. The van der Waals surface area contributed by atoms with Crippen molar-refractivity contribution in [3.8, 4) is 16.9 Å². The second kappa shape index (κ2) is 7.50. The van der Waals surface area contributed by atoms with Gasteiger partial charge in [-0.25, -0.2) is 4.98 Å². The normalized spacial score (nSPS) is 10.9. The monoisotopic (exact) mass is 358 g/mol. The van der Waals surface area contributed by atoms with Crippen LogP contribution in [0.15, 0.2) is 66.9 Å². The Bertz CT molecular complexity index is 1060. The predicted octanol–water partition coefficient (Wildman–Crippen LogP) is 5.10. The zero-order valence-corrected chi connectivity index (χ0v) is 15.5. The van der Waals surface area contributed by atoms with Crippen LogP contribution in [0.25, 0.3) is 16.8 Å². The van der Waals surface area contributed by atoms with Crippen molar-refractivity contribution in [3.05, 3.63) is 72.6 Å². The number of ether oxygens (including phenoxy) is 1. The smallest absolute Gasteiger partial charge is 0.165 e. The lowest BCUT2D eigenvalue weighted by atomic mass is 10.1. The van der Waals surface area contributed by atoms with E-state index in [1.807, 2.05) is 53.2 Å². The van der Waals surface area contributed by atoms with E-state index in [0.717, 1.165) is 52.6 Å². The summed E-state index contributed by atoms with van der Waals surface area (Å²) in [6, 6.07) is 20.2. The molecule has 0 unspecified atom stereocenters. The number of fused-ring (bicyclic) bond motifs is 1. The molecule has 4 rings (SSSR count). The summed E-state index contributed by atoms with van der Waals surface area (Å²) in [5, 5.41) is 8.06. The molecule has 1 N–H and O–H groups in total. The Hall–Kier alpha value is -3.34.